The average molecular weight is 442 g/mol. The zero-order valence-corrected chi connectivity index (χ0v) is 19.2. The molecule has 0 saturated heterocycles. The van der Waals surface area contributed by atoms with E-state index in [4.69, 9.17) is 4.74 Å². The van der Waals surface area contributed by atoms with Crippen molar-refractivity contribution in [3.63, 3.8) is 0 Å². The molecule has 0 N–H and O–H groups in total. The van der Waals surface area contributed by atoms with Crippen molar-refractivity contribution in [3.8, 4) is 0 Å². The highest BCUT2D eigenvalue weighted by atomic mass is 32.1. The van der Waals surface area contributed by atoms with Gasteiger partial charge in [-0.2, -0.15) is 0 Å². The van der Waals surface area contributed by atoms with Gasteiger partial charge in [-0.3, -0.25) is 9.69 Å². The van der Waals surface area contributed by atoms with Crippen LogP contribution in [0.4, 0.5) is 10.8 Å². The summed E-state index contributed by atoms with van der Waals surface area (Å²) in [5, 5.41) is 5.16. The van der Waals surface area contributed by atoms with Crippen LogP contribution in [0.5, 0.6) is 0 Å². The highest BCUT2D eigenvalue weighted by molar-refractivity contribution is 7.14. The largest absolute Gasteiger partial charge is 0.456 e. The minimum atomic E-state index is -0.469. The topological polar surface area (TPSA) is 72.4 Å². The molecular formula is C22H23N3O3S2. The normalized spacial score (nSPS) is 11.1. The first-order valence-corrected chi connectivity index (χ1v) is 11.1. The van der Waals surface area contributed by atoms with Gasteiger partial charge in [-0.25, -0.2) is 14.8 Å². The van der Waals surface area contributed by atoms with Crippen molar-refractivity contribution in [3.05, 3.63) is 62.1 Å². The Bertz CT molecular complexity index is 1090. The highest BCUT2D eigenvalue weighted by Gasteiger charge is 2.22. The summed E-state index contributed by atoms with van der Waals surface area (Å²) in [6, 6.07) is 4.09. The van der Waals surface area contributed by atoms with E-state index in [-0.39, 0.29) is 12.5 Å². The van der Waals surface area contributed by atoms with Crippen LogP contribution >= 0.6 is 22.7 Å². The van der Waals surface area contributed by atoms with E-state index in [1.165, 1.54) is 35.7 Å². The maximum absolute atomic E-state index is 12.4. The van der Waals surface area contributed by atoms with E-state index in [0.29, 0.717) is 10.8 Å². The molecule has 0 aliphatic carbocycles. The van der Waals surface area contributed by atoms with Gasteiger partial charge in [0, 0.05) is 23.8 Å². The molecule has 3 aromatic rings. The molecular weight excluding hydrogens is 418 g/mol. The van der Waals surface area contributed by atoms with Crippen LogP contribution in [0.25, 0.3) is 6.08 Å². The molecule has 0 aliphatic rings. The van der Waals surface area contributed by atoms with Crippen LogP contribution in [0.2, 0.25) is 0 Å². The zero-order valence-electron chi connectivity index (χ0n) is 17.6. The quantitative estimate of drug-likeness (QED) is 0.385. The summed E-state index contributed by atoms with van der Waals surface area (Å²) in [6.07, 6.45) is 2.97. The number of carbonyl (C=O) groups is 2. The summed E-state index contributed by atoms with van der Waals surface area (Å²) in [5.41, 5.74) is 5.32. The Morgan fingerprint density at radius 1 is 1.07 bits per heavy atom. The van der Waals surface area contributed by atoms with Crippen LogP contribution in [0.3, 0.4) is 0 Å². The van der Waals surface area contributed by atoms with Crippen molar-refractivity contribution in [1.82, 2.24) is 9.97 Å². The molecule has 30 heavy (non-hydrogen) atoms. The lowest BCUT2D eigenvalue weighted by atomic mass is 10.0. The van der Waals surface area contributed by atoms with Gasteiger partial charge < -0.3 is 4.74 Å². The molecule has 0 saturated carbocycles. The third-order valence-electron chi connectivity index (χ3n) is 4.29. The van der Waals surface area contributed by atoms with Gasteiger partial charge in [-0.1, -0.05) is 17.7 Å². The molecule has 1 amide bonds. The number of carbonyl (C=O) groups excluding carboxylic acids is 2. The minimum absolute atomic E-state index is 0.0351. The lowest BCUT2D eigenvalue weighted by molar-refractivity contribution is -0.139. The first-order valence-electron chi connectivity index (χ1n) is 9.34. The van der Waals surface area contributed by atoms with E-state index < -0.39 is 5.97 Å². The van der Waals surface area contributed by atoms with Gasteiger partial charge in [0.25, 0.3) is 0 Å². The summed E-state index contributed by atoms with van der Waals surface area (Å²) in [4.78, 5) is 34.8. The number of aromatic nitrogens is 2. The molecule has 0 aliphatic heterocycles. The standard InChI is InChI=1S/C22H23N3O3S2/c1-13-8-14(2)21(15(3)9-13)25(17(5)26)22-24-19(12-30-22)10-28-20(27)7-6-18-11-29-16(4)23-18/h6-9,11-12H,10H2,1-5H3/b7-6+. The highest BCUT2D eigenvalue weighted by Crippen LogP contribution is 2.34. The molecule has 0 atom stereocenters. The van der Waals surface area contributed by atoms with Gasteiger partial charge in [-0.05, 0) is 44.9 Å². The number of benzene rings is 1. The molecule has 2 heterocycles. The van der Waals surface area contributed by atoms with Crippen molar-refractivity contribution >= 4 is 51.4 Å². The van der Waals surface area contributed by atoms with Crippen molar-refractivity contribution in [1.29, 1.82) is 0 Å². The summed E-state index contributed by atoms with van der Waals surface area (Å²) >= 11 is 2.86. The number of amides is 1. The van der Waals surface area contributed by atoms with E-state index in [2.05, 4.69) is 9.97 Å². The third kappa shape index (κ3) is 5.20. The second-order valence-corrected chi connectivity index (χ2v) is 8.85. The number of hydrogen-bond acceptors (Lipinski definition) is 7. The number of anilines is 2. The Kier molecular flexibility index (Phi) is 6.79. The lowest BCUT2D eigenvalue weighted by Crippen LogP contribution is -2.24. The number of ether oxygens (including phenoxy) is 1. The molecule has 3 rings (SSSR count). The fourth-order valence-corrected chi connectivity index (χ4v) is 4.62. The van der Waals surface area contributed by atoms with Gasteiger partial charge in [0.05, 0.1) is 22.1 Å². The summed E-state index contributed by atoms with van der Waals surface area (Å²) < 4.78 is 5.27. The van der Waals surface area contributed by atoms with Crippen molar-refractivity contribution in [2.24, 2.45) is 0 Å². The number of thiazole rings is 2. The molecule has 1 aromatic carbocycles. The monoisotopic (exact) mass is 441 g/mol. The van der Waals surface area contributed by atoms with E-state index >= 15 is 0 Å². The fourth-order valence-electron chi connectivity index (χ4n) is 3.18. The van der Waals surface area contributed by atoms with Crippen LogP contribution in [0.1, 0.15) is 40.0 Å². The zero-order chi connectivity index (χ0) is 21.8. The number of hydrogen-bond donors (Lipinski definition) is 0. The van der Waals surface area contributed by atoms with Gasteiger partial charge >= 0.3 is 5.97 Å². The Morgan fingerprint density at radius 2 is 1.77 bits per heavy atom. The summed E-state index contributed by atoms with van der Waals surface area (Å²) in [5.74, 6) is -0.590. The van der Waals surface area contributed by atoms with Crippen molar-refractivity contribution in [2.75, 3.05) is 4.90 Å². The Hall–Kier alpha value is -2.84. The van der Waals surface area contributed by atoms with Crippen LogP contribution in [0, 0.1) is 27.7 Å². The number of rotatable bonds is 6. The van der Waals surface area contributed by atoms with Crippen LogP contribution in [-0.4, -0.2) is 21.8 Å². The van der Waals surface area contributed by atoms with E-state index in [1.54, 1.807) is 16.4 Å². The second-order valence-electron chi connectivity index (χ2n) is 6.96. The summed E-state index contributed by atoms with van der Waals surface area (Å²) in [7, 11) is 0. The van der Waals surface area contributed by atoms with Crippen LogP contribution in [0.15, 0.2) is 29.0 Å². The molecule has 156 valence electrons. The van der Waals surface area contributed by atoms with E-state index in [9.17, 15) is 9.59 Å². The lowest BCUT2D eigenvalue weighted by Gasteiger charge is -2.23. The number of aryl methyl sites for hydroxylation is 4. The maximum atomic E-state index is 12.4. The minimum Gasteiger partial charge on any atom is -0.456 e. The molecule has 0 radical (unpaired) electrons. The first-order chi connectivity index (χ1) is 14.2. The Labute approximate surface area is 183 Å². The Morgan fingerprint density at radius 3 is 2.37 bits per heavy atom. The van der Waals surface area contributed by atoms with E-state index in [1.807, 2.05) is 45.2 Å². The molecule has 6 nitrogen and oxygen atoms in total. The average Bonchev–Trinajstić information content (AvgIpc) is 3.29. The smallest absolute Gasteiger partial charge is 0.331 e. The molecule has 0 fully saturated rings. The van der Waals surface area contributed by atoms with Gasteiger partial charge in [-0.15, -0.1) is 22.7 Å². The molecule has 0 bridgehead atoms. The number of nitrogens with zero attached hydrogens (tertiary/aromatic N) is 3. The molecule has 8 heteroatoms. The second kappa shape index (κ2) is 9.32. The van der Waals surface area contributed by atoms with Crippen molar-refractivity contribution < 1.29 is 14.3 Å². The first kappa shape index (κ1) is 21.9. The van der Waals surface area contributed by atoms with Crippen LogP contribution < -0.4 is 4.90 Å². The summed E-state index contributed by atoms with van der Waals surface area (Å²) in [6.45, 7) is 9.46. The molecule has 0 spiro atoms. The van der Waals surface area contributed by atoms with Crippen molar-refractivity contribution in [2.45, 2.75) is 41.2 Å². The fraction of sp³-hybridized carbons (Fsp3) is 0.273. The molecule has 2 aromatic heterocycles. The maximum Gasteiger partial charge on any atom is 0.331 e. The number of esters is 1. The SMILES string of the molecule is CC(=O)N(c1nc(COC(=O)/C=C/c2csc(C)n2)cs1)c1c(C)cc(C)cc1C. The van der Waals surface area contributed by atoms with Gasteiger partial charge in [0.2, 0.25) is 5.91 Å². The third-order valence-corrected chi connectivity index (χ3v) is 5.96. The molecule has 0 unspecified atom stereocenters. The Balaban J connectivity index is 1.72. The van der Waals surface area contributed by atoms with Gasteiger partial charge in [0.15, 0.2) is 5.13 Å². The van der Waals surface area contributed by atoms with E-state index in [0.717, 1.165) is 33.1 Å². The van der Waals surface area contributed by atoms with Crippen LogP contribution in [-0.2, 0) is 20.9 Å². The predicted molar refractivity (Wildman–Crippen MR) is 121 cm³/mol. The predicted octanol–water partition coefficient (Wildman–Crippen LogP) is 5.27. The van der Waals surface area contributed by atoms with Gasteiger partial charge in [0.1, 0.15) is 6.61 Å².